The molecule has 7 heteroatoms. The average Bonchev–Trinajstić information content (AvgIpc) is 2.83. The maximum absolute atomic E-state index is 13.0. The minimum Gasteiger partial charge on any atom is -0.489 e. The molecule has 6 nitrogen and oxygen atoms in total. The van der Waals surface area contributed by atoms with E-state index in [1.54, 1.807) is 18.2 Å². The molecule has 0 bridgehead atoms. The minimum absolute atomic E-state index is 0.00572. The summed E-state index contributed by atoms with van der Waals surface area (Å²) in [5.41, 5.74) is 8.70. The number of H-pyrrole nitrogens is 1. The predicted molar refractivity (Wildman–Crippen MR) is 126 cm³/mol. The van der Waals surface area contributed by atoms with Gasteiger partial charge in [0.2, 0.25) is 5.88 Å². The Labute approximate surface area is 194 Å². The first kappa shape index (κ1) is 20.7. The van der Waals surface area contributed by atoms with Gasteiger partial charge >= 0.3 is 0 Å². The fourth-order valence-electron chi connectivity index (χ4n) is 4.01. The molecule has 0 aliphatic carbocycles. The molecule has 33 heavy (non-hydrogen) atoms. The number of nitrogens with one attached hydrogen (secondary N) is 1. The van der Waals surface area contributed by atoms with E-state index in [1.165, 1.54) is 0 Å². The van der Waals surface area contributed by atoms with Crippen molar-refractivity contribution in [1.82, 2.24) is 4.98 Å². The molecule has 5 rings (SSSR count). The van der Waals surface area contributed by atoms with E-state index in [0.717, 1.165) is 16.5 Å². The molecule has 1 aromatic heterocycles. The molecule has 162 valence electrons. The van der Waals surface area contributed by atoms with Gasteiger partial charge in [0.1, 0.15) is 29.7 Å². The van der Waals surface area contributed by atoms with Crippen LogP contribution in [-0.2, 0) is 6.61 Å². The lowest BCUT2D eigenvalue weighted by atomic mass is 9.83. The van der Waals surface area contributed by atoms with Crippen LogP contribution in [0.4, 0.5) is 0 Å². The van der Waals surface area contributed by atoms with Crippen LogP contribution in [0, 0.1) is 11.3 Å². The first-order valence-corrected chi connectivity index (χ1v) is 10.6. The van der Waals surface area contributed by atoms with Crippen LogP contribution in [0.1, 0.15) is 22.6 Å². The number of nitriles is 1. The summed E-state index contributed by atoms with van der Waals surface area (Å²) in [6, 6.07) is 24.1. The van der Waals surface area contributed by atoms with E-state index in [2.05, 4.69) is 11.1 Å². The van der Waals surface area contributed by atoms with E-state index < -0.39 is 5.92 Å². The number of fused-ring (bicyclic) bond motifs is 3. The van der Waals surface area contributed by atoms with Gasteiger partial charge in [-0.15, -0.1) is 0 Å². The monoisotopic (exact) mass is 455 g/mol. The number of halogens is 1. The number of aromatic amines is 1. The van der Waals surface area contributed by atoms with Crippen molar-refractivity contribution in [2.75, 3.05) is 0 Å². The molecule has 1 aliphatic rings. The third-order valence-electron chi connectivity index (χ3n) is 5.62. The third-order valence-corrected chi connectivity index (χ3v) is 5.87. The van der Waals surface area contributed by atoms with Crippen LogP contribution >= 0.6 is 11.6 Å². The van der Waals surface area contributed by atoms with Crippen molar-refractivity contribution in [2.45, 2.75) is 12.5 Å². The second-order valence-corrected chi connectivity index (χ2v) is 8.09. The molecule has 0 amide bonds. The molecule has 0 saturated heterocycles. The summed E-state index contributed by atoms with van der Waals surface area (Å²) < 4.78 is 11.6. The zero-order valence-electron chi connectivity index (χ0n) is 17.3. The first-order valence-electron chi connectivity index (χ1n) is 10.2. The first-order chi connectivity index (χ1) is 16.0. The summed E-state index contributed by atoms with van der Waals surface area (Å²) in [6.45, 7) is 0.387. The number of aromatic nitrogens is 1. The smallest absolute Gasteiger partial charge is 0.256 e. The summed E-state index contributed by atoms with van der Waals surface area (Å²) in [5.74, 6) is 0.369. The van der Waals surface area contributed by atoms with Crippen molar-refractivity contribution >= 4 is 22.5 Å². The SMILES string of the molecule is N#CC1=C(N)Oc2c(c(=O)[nH]c3ccccc23)C1c1ccc(OCc2ccc(Cl)cc2)cc1. The van der Waals surface area contributed by atoms with E-state index in [1.807, 2.05) is 54.6 Å². The summed E-state index contributed by atoms with van der Waals surface area (Å²) in [4.78, 5) is 15.9. The largest absolute Gasteiger partial charge is 0.489 e. The standard InChI is InChI=1S/C26H18ClN3O3/c27-17-9-5-15(6-10-17)14-32-18-11-7-16(8-12-18)22-20(13-28)25(29)33-24-19-3-1-2-4-21(19)30-26(31)23(22)24/h1-12,22H,14,29H2,(H,30,31). The topological polar surface area (TPSA) is 101 Å². The van der Waals surface area contributed by atoms with Crippen LogP contribution in [-0.4, -0.2) is 4.98 Å². The normalized spacial score (nSPS) is 15.0. The molecule has 0 spiro atoms. The molecular formula is C26H18ClN3O3. The highest BCUT2D eigenvalue weighted by molar-refractivity contribution is 6.30. The van der Waals surface area contributed by atoms with Crippen LogP contribution in [0.25, 0.3) is 10.9 Å². The molecule has 3 N–H and O–H groups in total. The molecule has 2 heterocycles. The Morgan fingerprint density at radius 2 is 1.79 bits per heavy atom. The Bertz CT molecular complexity index is 1480. The predicted octanol–water partition coefficient (Wildman–Crippen LogP) is 4.98. The van der Waals surface area contributed by atoms with Gasteiger partial charge in [0.25, 0.3) is 5.56 Å². The fourth-order valence-corrected chi connectivity index (χ4v) is 4.13. The second-order valence-electron chi connectivity index (χ2n) is 7.65. The van der Waals surface area contributed by atoms with Crippen LogP contribution in [0.3, 0.4) is 0 Å². The second kappa shape index (κ2) is 8.38. The molecular weight excluding hydrogens is 438 g/mol. The highest BCUT2D eigenvalue weighted by Crippen LogP contribution is 2.43. The number of pyridine rings is 1. The van der Waals surface area contributed by atoms with Crippen molar-refractivity contribution in [2.24, 2.45) is 5.73 Å². The lowest BCUT2D eigenvalue weighted by molar-refractivity contribution is 0.306. The number of para-hydroxylation sites is 1. The van der Waals surface area contributed by atoms with Crippen molar-refractivity contribution in [3.8, 4) is 17.6 Å². The number of hydrogen-bond donors (Lipinski definition) is 2. The zero-order chi connectivity index (χ0) is 22.9. The Morgan fingerprint density at radius 1 is 1.06 bits per heavy atom. The Morgan fingerprint density at radius 3 is 2.52 bits per heavy atom. The van der Waals surface area contributed by atoms with E-state index >= 15 is 0 Å². The van der Waals surface area contributed by atoms with Gasteiger partial charge in [-0.1, -0.05) is 48.0 Å². The van der Waals surface area contributed by atoms with Gasteiger partial charge < -0.3 is 20.2 Å². The van der Waals surface area contributed by atoms with Gasteiger partial charge in [0.15, 0.2) is 0 Å². The van der Waals surface area contributed by atoms with Crippen LogP contribution in [0.15, 0.2) is 89.0 Å². The molecule has 0 radical (unpaired) electrons. The van der Waals surface area contributed by atoms with Crippen molar-refractivity contribution in [1.29, 1.82) is 5.26 Å². The number of allylic oxidation sites excluding steroid dienone is 1. The van der Waals surface area contributed by atoms with Crippen molar-refractivity contribution in [3.63, 3.8) is 0 Å². The lowest BCUT2D eigenvalue weighted by Crippen LogP contribution is -2.27. The Kier molecular flexibility index (Phi) is 5.25. The number of benzene rings is 3. The van der Waals surface area contributed by atoms with Gasteiger partial charge in [-0.05, 0) is 47.5 Å². The van der Waals surface area contributed by atoms with Crippen molar-refractivity contribution < 1.29 is 9.47 Å². The molecule has 1 aliphatic heterocycles. The number of nitrogens with zero attached hydrogens (tertiary/aromatic N) is 1. The fraction of sp³-hybridized carbons (Fsp3) is 0.0769. The highest BCUT2D eigenvalue weighted by Gasteiger charge is 2.34. The van der Waals surface area contributed by atoms with E-state index in [4.69, 9.17) is 26.8 Å². The van der Waals surface area contributed by atoms with E-state index in [-0.39, 0.29) is 17.0 Å². The van der Waals surface area contributed by atoms with E-state index in [0.29, 0.717) is 34.2 Å². The Hall–Kier alpha value is -4.21. The summed E-state index contributed by atoms with van der Waals surface area (Å²) in [6.07, 6.45) is 0. The molecule has 4 aromatic rings. The quantitative estimate of drug-likeness (QED) is 0.452. The maximum atomic E-state index is 13.0. The molecule has 0 saturated carbocycles. The van der Waals surface area contributed by atoms with Crippen LogP contribution in [0.5, 0.6) is 11.5 Å². The lowest BCUT2D eigenvalue weighted by Gasteiger charge is -2.26. The summed E-state index contributed by atoms with van der Waals surface area (Å²) in [5, 5.41) is 11.2. The number of rotatable bonds is 4. The molecule has 1 unspecified atom stereocenters. The molecule has 1 atom stereocenters. The van der Waals surface area contributed by atoms with Gasteiger partial charge in [-0.25, -0.2) is 0 Å². The molecule has 3 aromatic carbocycles. The van der Waals surface area contributed by atoms with Gasteiger partial charge in [0.05, 0.1) is 17.0 Å². The molecule has 0 fully saturated rings. The van der Waals surface area contributed by atoms with Crippen molar-refractivity contribution in [3.05, 3.63) is 116 Å². The highest BCUT2D eigenvalue weighted by atomic mass is 35.5. The minimum atomic E-state index is -0.655. The van der Waals surface area contributed by atoms with Crippen LogP contribution < -0.4 is 20.8 Å². The number of nitrogens with two attached hydrogens (primary N) is 1. The maximum Gasteiger partial charge on any atom is 0.256 e. The number of hydrogen-bond acceptors (Lipinski definition) is 5. The van der Waals surface area contributed by atoms with Crippen LogP contribution in [0.2, 0.25) is 5.02 Å². The average molecular weight is 456 g/mol. The van der Waals surface area contributed by atoms with Gasteiger partial charge in [-0.3, -0.25) is 4.79 Å². The zero-order valence-corrected chi connectivity index (χ0v) is 18.1. The summed E-state index contributed by atoms with van der Waals surface area (Å²) in [7, 11) is 0. The Balaban J connectivity index is 1.52. The summed E-state index contributed by atoms with van der Waals surface area (Å²) >= 11 is 5.92. The van der Waals surface area contributed by atoms with E-state index in [9.17, 15) is 10.1 Å². The van der Waals surface area contributed by atoms with Gasteiger partial charge in [0, 0.05) is 10.4 Å². The van der Waals surface area contributed by atoms with Gasteiger partial charge in [-0.2, -0.15) is 5.26 Å². The number of ether oxygens (including phenoxy) is 2. The third kappa shape index (κ3) is 3.79.